The fraction of sp³-hybridized carbons (Fsp3) is 0.500. The Morgan fingerprint density at radius 1 is 1.56 bits per heavy atom. The summed E-state index contributed by atoms with van der Waals surface area (Å²) < 4.78 is 5.48. The van der Waals surface area contributed by atoms with Crippen molar-refractivity contribution in [3.8, 4) is 11.8 Å². The number of aliphatic hydroxyl groups is 1. The van der Waals surface area contributed by atoms with Crippen molar-refractivity contribution in [2.45, 2.75) is 25.0 Å². The van der Waals surface area contributed by atoms with Gasteiger partial charge in [0, 0.05) is 12.6 Å². The minimum Gasteiger partial charge on any atom is -0.491 e. The molecule has 0 bridgehead atoms. The quantitative estimate of drug-likeness (QED) is 0.824. The van der Waals surface area contributed by atoms with Gasteiger partial charge in [0.15, 0.2) is 0 Å². The zero-order chi connectivity index (χ0) is 13.0. The van der Waals surface area contributed by atoms with Crippen molar-refractivity contribution >= 4 is 0 Å². The van der Waals surface area contributed by atoms with E-state index in [1.165, 1.54) is 12.8 Å². The fourth-order valence-electron chi connectivity index (χ4n) is 1.90. The van der Waals surface area contributed by atoms with E-state index in [1.807, 2.05) is 7.05 Å². The van der Waals surface area contributed by atoms with Crippen molar-refractivity contribution < 1.29 is 9.84 Å². The van der Waals surface area contributed by atoms with E-state index >= 15 is 0 Å². The zero-order valence-electron chi connectivity index (χ0n) is 10.5. The van der Waals surface area contributed by atoms with E-state index < -0.39 is 6.10 Å². The monoisotopic (exact) mass is 246 g/mol. The summed E-state index contributed by atoms with van der Waals surface area (Å²) in [6, 6.07) is 9.67. The third kappa shape index (κ3) is 3.73. The van der Waals surface area contributed by atoms with Crippen LogP contribution in [0.1, 0.15) is 18.4 Å². The highest BCUT2D eigenvalue weighted by Gasteiger charge is 2.27. The van der Waals surface area contributed by atoms with Crippen LogP contribution in [0.4, 0.5) is 0 Å². The first-order chi connectivity index (χ1) is 8.69. The molecule has 0 aliphatic heterocycles. The van der Waals surface area contributed by atoms with E-state index in [4.69, 9.17) is 10.00 Å². The second-order valence-electron chi connectivity index (χ2n) is 4.78. The van der Waals surface area contributed by atoms with Crippen LogP contribution < -0.4 is 4.74 Å². The molecule has 1 fully saturated rings. The summed E-state index contributed by atoms with van der Waals surface area (Å²) in [4.78, 5) is 2.17. The Hall–Kier alpha value is -1.57. The van der Waals surface area contributed by atoms with Crippen molar-refractivity contribution in [1.29, 1.82) is 5.26 Å². The summed E-state index contributed by atoms with van der Waals surface area (Å²) in [6.45, 7) is 0.883. The van der Waals surface area contributed by atoms with Crippen molar-refractivity contribution in [3.05, 3.63) is 29.8 Å². The summed E-state index contributed by atoms with van der Waals surface area (Å²) in [5, 5.41) is 18.6. The molecular formula is C14H18N2O2. The number of ether oxygens (including phenoxy) is 1. The maximum absolute atomic E-state index is 9.85. The predicted octanol–water partition coefficient (Wildman–Crippen LogP) is 1.39. The van der Waals surface area contributed by atoms with Crippen LogP contribution in [0.2, 0.25) is 0 Å². The van der Waals surface area contributed by atoms with Crippen LogP contribution in [-0.2, 0) is 0 Å². The van der Waals surface area contributed by atoms with Crippen LogP contribution in [0.15, 0.2) is 24.3 Å². The Labute approximate surface area is 107 Å². The highest BCUT2D eigenvalue weighted by molar-refractivity contribution is 5.36. The second-order valence-corrected chi connectivity index (χ2v) is 4.78. The molecular weight excluding hydrogens is 228 g/mol. The minimum atomic E-state index is -0.499. The van der Waals surface area contributed by atoms with Gasteiger partial charge in [-0.25, -0.2) is 0 Å². The summed E-state index contributed by atoms with van der Waals surface area (Å²) in [7, 11) is 2.02. The van der Waals surface area contributed by atoms with Crippen molar-refractivity contribution in [3.63, 3.8) is 0 Å². The molecule has 0 saturated heterocycles. The first kappa shape index (κ1) is 12.9. The first-order valence-corrected chi connectivity index (χ1v) is 6.20. The van der Waals surface area contributed by atoms with Gasteiger partial charge in [-0.05, 0) is 38.1 Å². The molecule has 1 N–H and O–H groups in total. The Morgan fingerprint density at radius 3 is 3.00 bits per heavy atom. The smallest absolute Gasteiger partial charge is 0.120 e. The lowest BCUT2D eigenvalue weighted by atomic mass is 10.2. The molecule has 0 amide bonds. The second kappa shape index (κ2) is 5.85. The summed E-state index contributed by atoms with van der Waals surface area (Å²) in [5.41, 5.74) is 0.567. The van der Waals surface area contributed by atoms with Crippen molar-refractivity contribution in [2.75, 3.05) is 20.2 Å². The number of nitrogens with zero attached hydrogens (tertiary/aromatic N) is 2. The highest BCUT2D eigenvalue weighted by atomic mass is 16.5. The van der Waals surface area contributed by atoms with Crippen molar-refractivity contribution in [2.24, 2.45) is 0 Å². The van der Waals surface area contributed by atoms with Crippen LogP contribution in [0, 0.1) is 11.3 Å². The van der Waals surface area contributed by atoms with Gasteiger partial charge in [0.25, 0.3) is 0 Å². The molecule has 18 heavy (non-hydrogen) atoms. The van der Waals surface area contributed by atoms with Gasteiger partial charge in [0.05, 0.1) is 11.6 Å². The molecule has 1 atom stereocenters. The Bertz CT molecular complexity index is 438. The summed E-state index contributed by atoms with van der Waals surface area (Å²) in [6.07, 6.45) is 1.96. The summed E-state index contributed by atoms with van der Waals surface area (Å²) >= 11 is 0. The molecule has 4 heteroatoms. The van der Waals surface area contributed by atoms with E-state index in [9.17, 15) is 5.11 Å². The van der Waals surface area contributed by atoms with Gasteiger partial charge in [-0.2, -0.15) is 5.26 Å². The number of nitriles is 1. The van der Waals surface area contributed by atoms with E-state index in [1.54, 1.807) is 24.3 Å². The van der Waals surface area contributed by atoms with E-state index in [2.05, 4.69) is 11.0 Å². The molecule has 0 aromatic heterocycles. The van der Waals surface area contributed by atoms with Crippen LogP contribution >= 0.6 is 0 Å². The molecule has 1 unspecified atom stereocenters. The van der Waals surface area contributed by atoms with Gasteiger partial charge in [-0.3, -0.25) is 0 Å². The molecule has 1 aliphatic carbocycles. The lowest BCUT2D eigenvalue weighted by molar-refractivity contribution is 0.0742. The number of benzene rings is 1. The molecule has 1 aliphatic rings. The third-order valence-electron chi connectivity index (χ3n) is 3.07. The lowest BCUT2D eigenvalue weighted by Gasteiger charge is -2.20. The van der Waals surface area contributed by atoms with Crippen LogP contribution in [-0.4, -0.2) is 42.4 Å². The van der Waals surface area contributed by atoms with E-state index in [-0.39, 0.29) is 6.61 Å². The number of aliphatic hydroxyl groups excluding tert-OH is 1. The van der Waals surface area contributed by atoms with Gasteiger partial charge in [0.1, 0.15) is 18.5 Å². The number of likely N-dealkylation sites (N-methyl/N-ethyl adjacent to an activating group) is 1. The molecule has 4 nitrogen and oxygen atoms in total. The minimum absolute atomic E-state index is 0.256. The normalized spacial score (nSPS) is 16.3. The molecule has 1 saturated carbocycles. The Kier molecular flexibility index (Phi) is 4.19. The van der Waals surface area contributed by atoms with Crippen molar-refractivity contribution in [1.82, 2.24) is 4.90 Å². The zero-order valence-corrected chi connectivity index (χ0v) is 10.5. The molecule has 1 aromatic carbocycles. The standard InChI is InChI=1S/C14H18N2O2/c1-16(12-5-6-12)9-13(17)10-18-14-4-2-3-11(7-14)8-15/h2-4,7,12-13,17H,5-6,9-10H2,1H3. The average molecular weight is 246 g/mol. The molecule has 0 radical (unpaired) electrons. The third-order valence-corrected chi connectivity index (χ3v) is 3.07. The largest absolute Gasteiger partial charge is 0.491 e. The fourth-order valence-corrected chi connectivity index (χ4v) is 1.90. The van der Waals surface area contributed by atoms with Gasteiger partial charge in [0.2, 0.25) is 0 Å². The lowest BCUT2D eigenvalue weighted by Crippen LogP contribution is -2.34. The maximum Gasteiger partial charge on any atom is 0.120 e. The maximum atomic E-state index is 9.85. The Morgan fingerprint density at radius 2 is 2.33 bits per heavy atom. The van der Waals surface area contributed by atoms with Gasteiger partial charge >= 0.3 is 0 Å². The topological polar surface area (TPSA) is 56.5 Å². The van der Waals surface area contributed by atoms with Gasteiger partial charge < -0.3 is 14.7 Å². The van der Waals surface area contributed by atoms with E-state index in [0.29, 0.717) is 23.9 Å². The molecule has 96 valence electrons. The van der Waals surface area contributed by atoms with Crippen LogP contribution in [0.5, 0.6) is 5.75 Å². The Balaban J connectivity index is 1.77. The SMILES string of the molecule is CN(CC(O)COc1cccc(C#N)c1)C1CC1. The first-order valence-electron chi connectivity index (χ1n) is 6.20. The van der Waals surface area contributed by atoms with Crippen LogP contribution in [0.3, 0.4) is 0 Å². The predicted molar refractivity (Wildman–Crippen MR) is 68.3 cm³/mol. The number of hydrogen-bond acceptors (Lipinski definition) is 4. The van der Waals surface area contributed by atoms with Gasteiger partial charge in [-0.1, -0.05) is 6.07 Å². The molecule has 0 heterocycles. The molecule has 2 rings (SSSR count). The molecule has 1 aromatic rings. The summed E-state index contributed by atoms with van der Waals surface area (Å²) in [5.74, 6) is 0.627. The number of hydrogen-bond donors (Lipinski definition) is 1. The van der Waals surface area contributed by atoms with E-state index in [0.717, 1.165) is 0 Å². The van der Waals surface area contributed by atoms with Gasteiger partial charge in [-0.15, -0.1) is 0 Å². The highest BCUT2D eigenvalue weighted by Crippen LogP contribution is 2.25. The molecule has 0 spiro atoms. The average Bonchev–Trinajstić information content (AvgIpc) is 3.21. The number of rotatable bonds is 6. The van der Waals surface area contributed by atoms with Crippen LogP contribution in [0.25, 0.3) is 0 Å².